The number of carbonyl (C=O) groups is 2. The lowest BCUT2D eigenvalue weighted by molar-refractivity contribution is -0.347. The highest BCUT2D eigenvalue weighted by molar-refractivity contribution is 5.87. The molecular formula is C56H90O19. The van der Waals surface area contributed by atoms with Gasteiger partial charge >= 0.3 is 5.97 Å². The summed E-state index contributed by atoms with van der Waals surface area (Å²) in [7, 11) is 6.49. The van der Waals surface area contributed by atoms with Gasteiger partial charge in [-0.05, 0) is 105 Å². The maximum atomic E-state index is 13.6. The van der Waals surface area contributed by atoms with Crippen LogP contribution in [0.1, 0.15) is 140 Å². The first kappa shape index (κ1) is 59.1. The monoisotopic (exact) mass is 1070 g/mol. The number of rotatable bonds is 16. The molecule has 4 N–H and O–H groups in total. The lowest BCUT2D eigenvalue weighted by atomic mass is 9.42. The molecule has 3 saturated carbocycles. The van der Waals surface area contributed by atoms with Gasteiger partial charge in [-0.1, -0.05) is 38.0 Å². The van der Waals surface area contributed by atoms with E-state index in [0.29, 0.717) is 44.9 Å². The molecule has 8 aliphatic rings. The third-order valence-corrected chi connectivity index (χ3v) is 19.6. The summed E-state index contributed by atoms with van der Waals surface area (Å²) in [6, 6.07) is 0. The van der Waals surface area contributed by atoms with Gasteiger partial charge in [-0.15, -0.1) is 0 Å². The minimum atomic E-state index is -2.02. The van der Waals surface area contributed by atoms with E-state index in [1.54, 1.807) is 42.3 Å². The van der Waals surface area contributed by atoms with E-state index in [0.717, 1.165) is 11.1 Å². The van der Waals surface area contributed by atoms with E-state index in [4.69, 9.17) is 61.6 Å². The molecule has 75 heavy (non-hydrogen) atoms. The van der Waals surface area contributed by atoms with Gasteiger partial charge in [0.05, 0.1) is 60.4 Å². The molecule has 428 valence electrons. The van der Waals surface area contributed by atoms with Crippen molar-refractivity contribution < 1.29 is 91.6 Å². The first-order chi connectivity index (χ1) is 35.3. The Labute approximate surface area is 443 Å². The van der Waals surface area contributed by atoms with Crippen LogP contribution in [-0.4, -0.2) is 188 Å². The van der Waals surface area contributed by atoms with Gasteiger partial charge in [0.15, 0.2) is 30.9 Å². The largest absolute Gasteiger partial charge is 0.458 e. The fraction of sp³-hybridized carbons (Fsp3) is 0.893. The van der Waals surface area contributed by atoms with Gasteiger partial charge in [0.1, 0.15) is 47.3 Å². The summed E-state index contributed by atoms with van der Waals surface area (Å²) in [6.45, 7) is 18.4. The van der Waals surface area contributed by atoms with Crippen molar-refractivity contribution in [1.29, 1.82) is 0 Å². The third-order valence-electron chi connectivity index (χ3n) is 19.6. The fourth-order valence-corrected chi connectivity index (χ4v) is 14.6. The Hall–Kier alpha value is -2.02. The summed E-state index contributed by atoms with van der Waals surface area (Å²) in [4.78, 5) is 26.9. The number of methoxy groups -OCH3 is 4. The standard InChI is InChI=1S/C56H90O19/c1-28(2)29(3)21-43(58)72-42-27-41-52(9)17-16-36(22-35(52)15-18-55(41,61)56(62)20-19-54(60,34(8)57)53(42,56)10)71-44-24-38(64-12)49(31(5)68-44)74-46-26-40(66-14)51(33(7)70-46)75-47-25-39(65-13)50(32(6)69-47)73-45-23-37(63-11)48(59)30(4)67-45/h15,21,28,30-33,36-42,44-51,59-62H,16-20,22-27H2,1-14H3/b29-21+/t30-,31+,32+,33-,36-,37+,38-,39-,40-,41+,42+,44-,45-,46-,47-,48-,49+,50+,51+,52-,53+,54-,55-,56+/m0/s1. The van der Waals surface area contributed by atoms with E-state index in [9.17, 15) is 30.0 Å². The van der Waals surface area contributed by atoms with Crippen molar-refractivity contribution in [3.8, 4) is 0 Å². The van der Waals surface area contributed by atoms with Gasteiger partial charge in [-0.2, -0.15) is 0 Å². The Kier molecular flexibility index (Phi) is 18.0. The molecule has 7 fully saturated rings. The molecule has 0 radical (unpaired) electrons. The topological polar surface area (TPSA) is 235 Å². The second kappa shape index (κ2) is 22.8. The number of hydrogen-bond acceptors (Lipinski definition) is 19. The molecular weight excluding hydrogens is 977 g/mol. The molecule has 0 amide bonds. The van der Waals surface area contributed by atoms with Crippen LogP contribution in [0.2, 0.25) is 0 Å². The fourth-order valence-electron chi connectivity index (χ4n) is 14.6. The molecule has 19 nitrogen and oxygen atoms in total. The molecule has 4 heterocycles. The Balaban J connectivity index is 0.877. The molecule has 0 unspecified atom stereocenters. The number of ether oxygens (including phenoxy) is 13. The molecule has 0 aromatic rings. The van der Waals surface area contributed by atoms with Crippen molar-refractivity contribution in [3.05, 3.63) is 23.3 Å². The van der Waals surface area contributed by atoms with Crippen molar-refractivity contribution in [1.82, 2.24) is 0 Å². The Morgan fingerprint density at radius 1 is 0.667 bits per heavy atom. The smallest absolute Gasteiger partial charge is 0.330 e. The molecule has 4 aliphatic heterocycles. The molecule has 4 saturated heterocycles. The van der Waals surface area contributed by atoms with E-state index < -0.39 is 144 Å². The summed E-state index contributed by atoms with van der Waals surface area (Å²) < 4.78 is 81.6. The van der Waals surface area contributed by atoms with E-state index in [1.807, 2.05) is 47.6 Å². The van der Waals surface area contributed by atoms with E-state index in [1.165, 1.54) is 13.0 Å². The predicted octanol–water partition coefficient (Wildman–Crippen LogP) is 5.12. The quantitative estimate of drug-likeness (QED) is 0.0892. The number of fused-ring (bicyclic) bond motifs is 5. The Morgan fingerprint density at radius 2 is 1.13 bits per heavy atom. The number of allylic oxidation sites excluding steroid dienone is 1. The van der Waals surface area contributed by atoms with Crippen LogP contribution in [0.15, 0.2) is 23.3 Å². The number of esters is 1. The van der Waals surface area contributed by atoms with E-state index >= 15 is 0 Å². The van der Waals surface area contributed by atoms with Crippen LogP contribution in [0.25, 0.3) is 0 Å². The molecule has 24 atom stereocenters. The molecule has 4 aliphatic carbocycles. The molecule has 19 heteroatoms. The number of carbonyl (C=O) groups excluding carboxylic acids is 2. The van der Waals surface area contributed by atoms with E-state index in [-0.39, 0.29) is 43.8 Å². The van der Waals surface area contributed by atoms with E-state index in [2.05, 4.69) is 6.92 Å². The Bertz CT molecular complexity index is 2070. The van der Waals surface area contributed by atoms with Crippen molar-refractivity contribution in [2.24, 2.45) is 22.7 Å². The Morgan fingerprint density at radius 3 is 1.60 bits per heavy atom. The lowest BCUT2D eigenvalue weighted by Gasteiger charge is -2.67. The maximum Gasteiger partial charge on any atom is 0.330 e. The summed E-state index contributed by atoms with van der Waals surface area (Å²) in [6.07, 6.45) is -2.49. The van der Waals surface area contributed by atoms with Crippen LogP contribution < -0.4 is 0 Å². The van der Waals surface area contributed by atoms with Gasteiger partial charge in [0, 0.05) is 66.1 Å². The molecule has 0 bridgehead atoms. The van der Waals surface area contributed by atoms with Crippen LogP contribution in [-0.2, 0) is 71.2 Å². The second-order valence-electron chi connectivity index (χ2n) is 23.9. The van der Waals surface area contributed by atoms with Gasteiger partial charge < -0.3 is 82.0 Å². The van der Waals surface area contributed by atoms with Gasteiger partial charge in [0.2, 0.25) is 0 Å². The normalized spacial score (nSPS) is 49.3. The SMILES string of the molecule is CO[C@H]1C[C@H](O[C@H]2[C@@H](OC)C[C@H](O[C@H]3CC[C@@]4(C)C(=CC[C@]5(O)[C@@H]4C[C@@H](OC(=O)/C=C(\C)C(C)C)[C@@]4(C)[C@]5(O)CC[C@]4(O)C(C)=O)C3)O[C@@H]2C)O[C@@H](C)[C@H]1O[C@H]1C[C@H](OC)[C@H](O[C@H]2C[C@@H](OC)[C@@H](O)[C@H](C)O2)[C@@H](C)O1. The highest BCUT2D eigenvalue weighted by atomic mass is 16.8. The molecule has 8 rings (SSSR count). The zero-order valence-corrected chi connectivity index (χ0v) is 46.9. The predicted molar refractivity (Wildman–Crippen MR) is 269 cm³/mol. The number of aliphatic hydroxyl groups excluding tert-OH is 1. The van der Waals surface area contributed by atoms with Gasteiger partial charge in [-0.3, -0.25) is 4.79 Å². The zero-order valence-electron chi connectivity index (χ0n) is 46.9. The first-order valence-corrected chi connectivity index (χ1v) is 27.6. The first-order valence-electron chi connectivity index (χ1n) is 27.6. The summed E-state index contributed by atoms with van der Waals surface area (Å²) in [5.41, 5.74) is -6.10. The third kappa shape index (κ3) is 10.6. The summed E-state index contributed by atoms with van der Waals surface area (Å²) in [5.74, 6) is -1.61. The zero-order chi connectivity index (χ0) is 54.7. The highest BCUT2D eigenvalue weighted by Gasteiger charge is 2.81. The van der Waals surface area contributed by atoms with Crippen LogP contribution in [0.3, 0.4) is 0 Å². The average molecular weight is 1070 g/mol. The summed E-state index contributed by atoms with van der Waals surface area (Å²) in [5, 5.41) is 48.5. The highest BCUT2D eigenvalue weighted by Crippen LogP contribution is 2.71. The number of Topliss-reactive ketones (excluding diaryl/α,β-unsaturated/α-hetero) is 1. The van der Waals surface area contributed by atoms with Crippen molar-refractivity contribution in [3.63, 3.8) is 0 Å². The van der Waals surface area contributed by atoms with Gasteiger partial charge in [-0.25, -0.2) is 4.79 Å². The number of ketones is 1. The molecule has 0 spiro atoms. The lowest BCUT2D eigenvalue weighted by Crippen LogP contribution is -2.78. The maximum absolute atomic E-state index is 13.6. The average Bonchev–Trinajstić information content (AvgIpc) is 3.59. The number of aliphatic hydroxyl groups is 4. The molecule has 0 aromatic carbocycles. The minimum absolute atomic E-state index is 0.0344. The van der Waals surface area contributed by atoms with Crippen LogP contribution in [0.5, 0.6) is 0 Å². The van der Waals surface area contributed by atoms with Crippen molar-refractivity contribution >= 4 is 11.8 Å². The van der Waals surface area contributed by atoms with Crippen LogP contribution >= 0.6 is 0 Å². The van der Waals surface area contributed by atoms with Gasteiger partial charge in [0.25, 0.3) is 0 Å². The second-order valence-corrected chi connectivity index (χ2v) is 23.9. The van der Waals surface area contributed by atoms with Crippen molar-refractivity contribution in [2.75, 3.05) is 28.4 Å². The molecule has 0 aromatic heterocycles. The van der Waals surface area contributed by atoms with Crippen LogP contribution in [0.4, 0.5) is 0 Å². The summed E-state index contributed by atoms with van der Waals surface area (Å²) >= 11 is 0. The van der Waals surface area contributed by atoms with Crippen molar-refractivity contribution in [2.45, 2.75) is 267 Å². The van der Waals surface area contributed by atoms with Crippen LogP contribution in [0, 0.1) is 22.7 Å². The minimum Gasteiger partial charge on any atom is -0.458 e. The number of hydrogen-bond donors (Lipinski definition) is 4.